The Morgan fingerprint density at radius 1 is 0.960 bits per heavy atom. The summed E-state index contributed by atoms with van der Waals surface area (Å²) >= 11 is 0. The van der Waals surface area contributed by atoms with Crippen LogP contribution in [0.4, 0.5) is 11.4 Å². The highest BCUT2D eigenvalue weighted by Crippen LogP contribution is 2.23. The van der Waals surface area contributed by atoms with Gasteiger partial charge in [0.05, 0.1) is 13.0 Å². The van der Waals surface area contributed by atoms with Gasteiger partial charge in [-0.25, -0.2) is 0 Å². The molecular formula is C20H24N2O3. The topological polar surface area (TPSA) is 67.4 Å². The van der Waals surface area contributed by atoms with E-state index in [1.54, 1.807) is 12.1 Å². The summed E-state index contributed by atoms with van der Waals surface area (Å²) in [5, 5.41) is 5.61. The standard InChI is InChI=1S/C20H24N2O3/c1-13-10-14(2)12-17(11-13)25-9-8-20(24)22-19-7-5-6-18(15(19)3)21-16(4)23/h5-7,10-12H,8-9H2,1-4H3,(H,21,23)(H,22,24). The van der Waals surface area contributed by atoms with Crippen molar-refractivity contribution in [1.29, 1.82) is 0 Å². The predicted molar refractivity (Wildman–Crippen MR) is 100 cm³/mol. The second-order valence-electron chi connectivity index (χ2n) is 6.13. The number of hydrogen-bond donors (Lipinski definition) is 2. The SMILES string of the molecule is CC(=O)Nc1cccc(NC(=O)CCOc2cc(C)cc(C)c2)c1C. The van der Waals surface area contributed by atoms with Crippen LogP contribution in [-0.4, -0.2) is 18.4 Å². The minimum Gasteiger partial charge on any atom is -0.493 e. The predicted octanol–water partition coefficient (Wildman–Crippen LogP) is 3.98. The molecule has 5 heteroatoms. The summed E-state index contributed by atoms with van der Waals surface area (Å²) in [6.45, 7) is 7.63. The van der Waals surface area contributed by atoms with Gasteiger partial charge in [0.1, 0.15) is 5.75 Å². The van der Waals surface area contributed by atoms with Gasteiger partial charge in [-0.05, 0) is 61.7 Å². The number of hydrogen-bond acceptors (Lipinski definition) is 3. The molecule has 132 valence electrons. The van der Waals surface area contributed by atoms with E-state index in [9.17, 15) is 9.59 Å². The zero-order valence-electron chi connectivity index (χ0n) is 15.1. The molecule has 0 aliphatic carbocycles. The van der Waals surface area contributed by atoms with Gasteiger partial charge in [-0.15, -0.1) is 0 Å². The van der Waals surface area contributed by atoms with Crippen molar-refractivity contribution in [3.8, 4) is 5.75 Å². The van der Waals surface area contributed by atoms with E-state index < -0.39 is 0 Å². The van der Waals surface area contributed by atoms with Crippen LogP contribution in [0.15, 0.2) is 36.4 Å². The monoisotopic (exact) mass is 340 g/mol. The number of benzene rings is 2. The van der Waals surface area contributed by atoms with Gasteiger partial charge in [0.15, 0.2) is 0 Å². The van der Waals surface area contributed by atoms with Crippen molar-refractivity contribution in [3.05, 3.63) is 53.1 Å². The fraction of sp³-hybridized carbons (Fsp3) is 0.300. The van der Waals surface area contributed by atoms with Gasteiger partial charge in [-0.2, -0.15) is 0 Å². The largest absolute Gasteiger partial charge is 0.493 e. The van der Waals surface area contributed by atoms with Gasteiger partial charge in [-0.3, -0.25) is 9.59 Å². The van der Waals surface area contributed by atoms with E-state index in [-0.39, 0.29) is 18.2 Å². The average Bonchev–Trinajstić information content (AvgIpc) is 2.50. The molecule has 0 bridgehead atoms. The Kier molecular flexibility index (Phi) is 6.17. The fourth-order valence-corrected chi connectivity index (χ4v) is 2.59. The molecule has 0 aliphatic rings. The van der Waals surface area contributed by atoms with Crippen LogP contribution in [0.5, 0.6) is 5.75 Å². The summed E-state index contributed by atoms with van der Waals surface area (Å²) in [4.78, 5) is 23.4. The van der Waals surface area contributed by atoms with Crippen LogP contribution in [-0.2, 0) is 9.59 Å². The second-order valence-corrected chi connectivity index (χ2v) is 6.13. The van der Waals surface area contributed by atoms with Crippen molar-refractivity contribution in [3.63, 3.8) is 0 Å². The first kappa shape index (κ1) is 18.5. The number of carbonyl (C=O) groups excluding carboxylic acids is 2. The highest BCUT2D eigenvalue weighted by atomic mass is 16.5. The minimum absolute atomic E-state index is 0.132. The van der Waals surface area contributed by atoms with Crippen molar-refractivity contribution < 1.29 is 14.3 Å². The van der Waals surface area contributed by atoms with E-state index >= 15 is 0 Å². The molecule has 5 nitrogen and oxygen atoms in total. The van der Waals surface area contributed by atoms with Crippen molar-refractivity contribution >= 4 is 23.2 Å². The normalized spacial score (nSPS) is 10.2. The quantitative estimate of drug-likeness (QED) is 0.836. The molecule has 0 saturated heterocycles. The number of rotatable bonds is 6. The Bertz CT molecular complexity index is 764. The zero-order chi connectivity index (χ0) is 18.4. The summed E-state index contributed by atoms with van der Waals surface area (Å²) in [7, 11) is 0. The number of anilines is 2. The maximum atomic E-state index is 12.1. The fourth-order valence-electron chi connectivity index (χ4n) is 2.59. The van der Waals surface area contributed by atoms with E-state index in [1.165, 1.54) is 6.92 Å². The van der Waals surface area contributed by atoms with Crippen molar-refractivity contribution in [2.75, 3.05) is 17.2 Å². The summed E-state index contributed by atoms with van der Waals surface area (Å²) in [6.07, 6.45) is 0.247. The lowest BCUT2D eigenvalue weighted by Crippen LogP contribution is -2.16. The lowest BCUT2D eigenvalue weighted by molar-refractivity contribution is -0.116. The maximum Gasteiger partial charge on any atom is 0.227 e. The maximum absolute atomic E-state index is 12.1. The third-order valence-corrected chi connectivity index (χ3v) is 3.71. The number of amides is 2. The van der Waals surface area contributed by atoms with E-state index in [4.69, 9.17) is 4.74 Å². The zero-order valence-corrected chi connectivity index (χ0v) is 15.1. The van der Waals surface area contributed by atoms with Crippen LogP contribution in [0.2, 0.25) is 0 Å². The molecule has 0 spiro atoms. The summed E-state index contributed by atoms with van der Waals surface area (Å²) in [5.41, 5.74) is 4.45. The third-order valence-electron chi connectivity index (χ3n) is 3.71. The number of aryl methyl sites for hydroxylation is 2. The Morgan fingerprint density at radius 3 is 2.16 bits per heavy atom. The molecule has 2 N–H and O–H groups in total. The van der Waals surface area contributed by atoms with Crippen LogP contribution < -0.4 is 15.4 Å². The number of nitrogens with one attached hydrogen (secondary N) is 2. The molecule has 0 heterocycles. The van der Waals surface area contributed by atoms with Crippen LogP contribution in [0.3, 0.4) is 0 Å². The number of carbonyl (C=O) groups is 2. The summed E-state index contributed by atoms with van der Waals surface area (Å²) in [5.74, 6) is 0.495. The number of ether oxygens (including phenoxy) is 1. The first-order valence-electron chi connectivity index (χ1n) is 8.23. The highest BCUT2D eigenvalue weighted by Gasteiger charge is 2.09. The molecule has 0 aliphatic heterocycles. The molecule has 0 unspecified atom stereocenters. The molecule has 0 aromatic heterocycles. The van der Waals surface area contributed by atoms with Crippen LogP contribution in [0.25, 0.3) is 0 Å². The molecule has 0 fully saturated rings. The van der Waals surface area contributed by atoms with E-state index in [1.807, 2.05) is 39.0 Å². The van der Waals surface area contributed by atoms with E-state index in [2.05, 4.69) is 16.7 Å². The lowest BCUT2D eigenvalue weighted by Gasteiger charge is -2.13. The van der Waals surface area contributed by atoms with Gasteiger partial charge in [-0.1, -0.05) is 12.1 Å². The molecule has 2 rings (SSSR count). The van der Waals surface area contributed by atoms with Gasteiger partial charge in [0.25, 0.3) is 0 Å². The van der Waals surface area contributed by atoms with Gasteiger partial charge >= 0.3 is 0 Å². The Hall–Kier alpha value is -2.82. The third kappa shape index (κ3) is 5.64. The summed E-state index contributed by atoms with van der Waals surface area (Å²) in [6, 6.07) is 11.4. The molecule has 2 aromatic carbocycles. The molecule has 2 aromatic rings. The first-order valence-corrected chi connectivity index (χ1v) is 8.23. The Morgan fingerprint density at radius 2 is 1.56 bits per heavy atom. The van der Waals surface area contributed by atoms with Gasteiger partial charge in [0, 0.05) is 18.3 Å². The van der Waals surface area contributed by atoms with Crippen molar-refractivity contribution in [1.82, 2.24) is 0 Å². The van der Waals surface area contributed by atoms with Crippen LogP contribution in [0.1, 0.15) is 30.0 Å². The first-order chi connectivity index (χ1) is 11.8. The molecule has 0 saturated carbocycles. The summed E-state index contributed by atoms with van der Waals surface area (Å²) < 4.78 is 5.66. The van der Waals surface area contributed by atoms with Crippen molar-refractivity contribution in [2.45, 2.75) is 34.1 Å². The highest BCUT2D eigenvalue weighted by molar-refractivity contribution is 5.95. The Labute approximate surface area is 148 Å². The smallest absolute Gasteiger partial charge is 0.227 e. The van der Waals surface area contributed by atoms with Gasteiger partial charge < -0.3 is 15.4 Å². The minimum atomic E-state index is -0.145. The average molecular weight is 340 g/mol. The molecular weight excluding hydrogens is 316 g/mol. The van der Waals surface area contributed by atoms with E-state index in [0.29, 0.717) is 18.0 Å². The molecule has 0 radical (unpaired) electrons. The van der Waals surface area contributed by atoms with Gasteiger partial charge in [0.2, 0.25) is 11.8 Å². The van der Waals surface area contributed by atoms with Crippen molar-refractivity contribution in [2.24, 2.45) is 0 Å². The Balaban J connectivity index is 1.91. The molecule has 25 heavy (non-hydrogen) atoms. The second kappa shape index (κ2) is 8.33. The lowest BCUT2D eigenvalue weighted by atomic mass is 10.1. The van der Waals surface area contributed by atoms with Crippen LogP contribution >= 0.6 is 0 Å². The molecule has 2 amide bonds. The van der Waals surface area contributed by atoms with E-state index in [0.717, 1.165) is 22.4 Å². The molecule has 0 atom stereocenters. The van der Waals surface area contributed by atoms with Crippen LogP contribution in [0, 0.1) is 20.8 Å².